The number of aliphatic hydroxyl groups is 1. The SMILES string of the molecule is CCN(CC)C(CC)(CC)C(O)c1ccc(F)c(F)c1F. The van der Waals surface area contributed by atoms with Crippen LogP contribution in [0.1, 0.15) is 52.2 Å². The molecule has 0 bridgehead atoms. The first kappa shape index (κ1) is 18.0. The molecule has 5 heteroatoms. The molecule has 0 aliphatic carbocycles. The average molecular weight is 303 g/mol. The molecule has 0 saturated carbocycles. The van der Waals surface area contributed by atoms with Crippen molar-refractivity contribution in [1.29, 1.82) is 0 Å². The normalized spacial score (nSPS) is 13.8. The second-order valence-corrected chi connectivity index (χ2v) is 5.15. The molecule has 1 aromatic carbocycles. The second kappa shape index (κ2) is 7.27. The summed E-state index contributed by atoms with van der Waals surface area (Å²) in [4.78, 5) is 2.04. The van der Waals surface area contributed by atoms with Crippen molar-refractivity contribution < 1.29 is 18.3 Å². The van der Waals surface area contributed by atoms with Crippen molar-refractivity contribution in [3.05, 3.63) is 35.1 Å². The second-order valence-electron chi connectivity index (χ2n) is 5.15. The topological polar surface area (TPSA) is 23.5 Å². The molecule has 1 unspecified atom stereocenters. The van der Waals surface area contributed by atoms with Crippen molar-refractivity contribution in [2.75, 3.05) is 13.1 Å². The number of benzene rings is 1. The van der Waals surface area contributed by atoms with E-state index in [0.29, 0.717) is 25.9 Å². The maximum Gasteiger partial charge on any atom is 0.194 e. The standard InChI is InChI=1S/C16H24F3NO/c1-5-16(6-2,20(7-3)8-4)15(21)11-9-10-12(17)14(19)13(11)18/h9-10,15,21H,5-8H2,1-4H3. The van der Waals surface area contributed by atoms with E-state index in [1.54, 1.807) is 0 Å². The molecule has 0 amide bonds. The largest absolute Gasteiger partial charge is 0.386 e. The molecule has 0 aromatic heterocycles. The van der Waals surface area contributed by atoms with Crippen LogP contribution in [0.4, 0.5) is 13.2 Å². The zero-order valence-corrected chi connectivity index (χ0v) is 13.1. The molecule has 120 valence electrons. The molecule has 21 heavy (non-hydrogen) atoms. The van der Waals surface area contributed by atoms with E-state index < -0.39 is 29.1 Å². The molecular weight excluding hydrogens is 279 g/mol. The van der Waals surface area contributed by atoms with E-state index in [2.05, 4.69) is 0 Å². The van der Waals surface area contributed by atoms with Gasteiger partial charge in [-0.1, -0.05) is 33.8 Å². The third kappa shape index (κ3) is 3.09. The van der Waals surface area contributed by atoms with E-state index in [0.717, 1.165) is 12.1 Å². The predicted molar refractivity (Wildman–Crippen MR) is 77.5 cm³/mol. The van der Waals surface area contributed by atoms with E-state index in [1.807, 2.05) is 32.6 Å². The number of nitrogens with zero attached hydrogens (tertiary/aromatic N) is 1. The van der Waals surface area contributed by atoms with E-state index in [-0.39, 0.29) is 5.56 Å². The fourth-order valence-corrected chi connectivity index (χ4v) is 3.15. The van der Waals surface area contributed by atoms with Gasteiger partial charge in [-0.2, -0.15) is 0 Å². The van der Waals surface area contributed by atoms with Gasteiger partial charge in [-0.05, 0) is 32.0 Å². The van der Waals surface area contributed by atoms with Crippen LogP contribution in [0, 0.1) is 17.5 Å². The van der Waals surface area contributed by atoms with Crippen molar-refractivity contribution in [2.45, 2.75) is 52.2 Å². The molecule has 1 rings (SSSR count). The first-order valence-corrected chi connectivity index (χ1v) is 7.45. The van der Waals surface area contributed by atoms with Gasteiger partial charge in [0.05, 0.1) is 5.54 Å². The van der Waals surface area contributed by atoms with Crippen molar-refractivity contribution in [1.82, 2.24) is 4.90 Å². The molecule has 1 atom stereocenters. The van der Waals surface area contributed by atoms with Crippen LogP contribution in [-0.4, -0.2) is 28.6 Å². The predicted octanol–water partition coefficient (Wildman–Crippen LogP) is 4.04. The zero-order valence-electron chi connectivity index (χ0n) is 13.1. The molecule has 0 heterocycles. The van der Waals surface area contributed by atoms with Gasteiger partial charge in [0.2, 0.25) is 0 Å². The Morgan fingerprint density at radius 1 is 1.00 bits per heavy atom. The Hall–Kier alpha value is -1.07. The Labute approximate surface area is 124 Å². The van der Waals surface area contributed by atoms with Crippen LogP contribution in [-0.2, 0) is 0 Å². The van der Waals surface area contributed by atoms with Gasteiger partial charge in [-0.3, -0.25) is 4.90 Å². The van der Waals surface area contributed by atoms with E-state index in [1.165, 1.54) is 0 Å². The summed E-state index contributed by atoms with van der Waals surface area (Å²) >= 11 is 0. The monoisotopic (exact) mass is 303 g/mol. The fraction of sp³-hybridized carbons (Fsp3) is 0.625. The summed E-state index contributed by atoms with van der Waals surface area (Å²) in [6, 6.07) is 1.98. The first-order valence-electron chi connectivity index (χ1n) is 7.45. The van der Waals surface area contributed by atoms with Crippen LogP contribution in [0.5, 0.6) is 0 Å². The number of aliphatic hydroxyl groups excluding tert-OH is 1. The lowest BCUT2D eigenvalue weighted by Crippen LogP contribution is -2.52. The van der Waals surface area contributed by atoms with Crippen LogP contribution in [0.15, 0.2) is 12.1 Å². The van der Waals surface area contributed by atoms with Gasteiger partial charge in [-0.15, -0.1) is 0 Å². The highest BCUT2D eigenvalue weighted by Crippen LogP contribution is 2.38. The number of rotatable bonds is 7. The molecule has 1 aromatic rings. The summed E-state index contributed by atoms with van der Waals surface area (Å²) in [6.45, 7) is 9.09. The number of likely N-dealkylation sites (N-methyl/N-ethyl adjacent to an activating group) is 1. The number of hydrogen-bond donors (Lipinski definition) is 1. The van der Waals surface area contributed by atoms with Gasteiger partial charge in [0.1, 0.15) is 6.10 Å². The Morgan fingerprint density at radius 2 is 1.52 bits per heavy atom. The lowest BCUT2D eigenvalue weighted by atomic mass is 9.80. The number of halogens is 3. The van der Waals surface area contributed by atoms with Gasteiger partial charge in [0.25, 0.3) is 0 Å². The highest BCUT2D eigenvalue weighted by molar-refractivity contribution is 5.25. The molecule has 1 N–H and O–H groups in total. The summed E-state index contributed by atoms with van der Waals surface area (Å²) < 4.78 is 40.5. The van der Waals surface area contributed by atoms with Crippen LogP contribution >= 0.6 is 0 Å². The summed E-state index contributed by atoms with van der Waals surface area (Å²) in [5.74, 6) is -4.09. The molecule has 0 saturated heterocycles. The van der Waals surface area contributed by atoms with E-state index in [9.17, 15) is 18.3 Å². The smallest absolute Gasteiger partial charge is 0.194 e. The van der Waals surface area contributed by atoms with Gasteiger partial charge >= 0.3 is 0 Å². The third-order valence-corrected chi connectivity index (χ3v) is 4.49. The van der Waals surface area contributed by atoms with Gasteiger partial charge in [-0.25, -0.2) is 13.2 Å². The fourth-order valence-electron chi connectivity index (χ4n) is 3.15. The van der Waals surface area contributed by atoms with Crippen LogP contribution in [0.3, 0.4) is 0 Å². The van der Waals surface area contributed by atoms with Crippen molar-refractivity contribution in [3.8, 4) is 0 Å². The maximum absolute atomic E-state index is 14.0. The average Bonchev–Trinajstić information content (AvgIpc) is 2.50. The Balaban J connectivity index is 3.36. The lowest BCUT2D eigenvalue weighted by Gasteiger charge is -2.46. The molecule has 0 aliphatic rings. The minimum atomic E-state index is -1.53. The summed E-state index contributed by atoms with van der Waals surface area (Å²) in [7, 11) is 0. The van der Waals surface area contributed by atoms with Gasteiger partial charge in [0, 0.05) is 5.56 Å². The van der Waals surface area contributed by atoms with Crippen molar-refractivity contribution in [3.63, 3.8) is 0 Å². The Kier molecular flexibility index (Phi) is 6.23. The quantitative estimate of drug-likeness (QED) is 0.769. The van der Waals surface area contributed by atoms with Crippen LogP contribution in [0.25, 0.3) is 0 Å². The minimum Gasteiger partial charge on any atom is -0.386 e. The lowest BCUT2D eigenvalue weighted by molar-refractivity contribution is -0.0385. The van der Waals surface area contributed by atoms with Gasteiger partial charge in [0.15, 0.2) is 17.5 Å². The van der Waals surface area contributed by atoms with Crippen molar-refractivity contribution >= 4 is 0 Å². The summed E-state index contributed by atoms with van der Waals surface area (Å²) in [5.41, 5.74) is -0.890. The highest BCUT2D eigenvalue weighted by Gasteiger charge is 2.41. The summed E-state index contributed by atoms with van der Waals surface area (Å²) in [5, 5.41) is 10.7. The van der Waals surface area contributed by atoms with Crippen LogP contribution < -0.4 is 0 Å². The maximum atomic E-state index is 14.0. The Morgan fingerprint density at radius 3 is 1.95 bits per heavy atom. The van der Waals surface area contributed by atoms with E-state index >= 15 is 0 Å². The van der Waals surface area contributed by atoms with Crippen molar-refractivity contribution in [2.24, 2.45) is 0 Å². The van der Waals surface area contributed by atoms with Crippen LogP contribution in [0.2, 0.25) is 0 Å². The molecule has 0 radical (unpaired) electrons. The Bertz CT molecular complexity index is 471. The molecule has 0 fully saturated rings. The number of hydrogen-bond acceptors (Lipinski definition) is 2. The molecule has 0 spiro atoms. The van der Waals surface area contributed by atoms with Gasteiger partial charge < -0.3 is 5.11 Å². The molecule has 2 nitrogen and oxygen atoms in total. The highest BCUT2D eigenvalue weighted by atomic mass is 19.2. The molecular formula is C16H24F3NO. The van der Waals surface area contributed by atoms with E-state index in [4.69, 9.17) is 0 Å². The zero-order chi connectivity index (χ0) is 16.2. The first-order chi connectivity index (χ1) is 9.89. The molecule has 0 aliphatic heterocycles. The third-order valence-electron chi connectivity index (χ3n) is 4.49. The minimum absolute atomic E-state index is 0.190. The summed E-state index contributed by atoms with van der Waals surface area (Å²) in [6.07, 6.45) is -0.0715.